The van der Waals surface area contributed by atoms with E-state index in [0.717, 1.165) is 13.0 Å². The maximum Gasteiger partial charge on any atom is 0.224 e. The molecule has 1 atom stereocenters. The number of hydrogen-bond donors (Lipinski definition) is 2. The van der Waals surface area contributed by atoms with E-state index < -0.39 is 0 Å². The van der Waals surface area contributed by atoms with Gasteiger partial charge >= 0.3 is 0 Å². The molecule has 4 heteroatoms. The van der Waals surface area contributed by atoms with Crippen molar-refractivity contribution in [2.24, 2.45) is 11.7 Å². The van der Waals surface area contributed by atoms with Gasteiger partial charge in [-0.1, -0.05) is 12.1 Å². The molecule has 0 spiro atoms. The zero-order chi connectivity index (χ0) is 14.7. The molecule has 3 N–H and O–H groups in total. The first-order valence-corrected chi connectivity index (χ1v) is 7.34. The number of likely N-dealkylation sites (N-methyl/N-ethyl adjacent to an activating group) is 1. The molecule has 1 amide bonds. The molecule has 1 heterocycles. The average Bonchev–Trinajstić information content (AvgIpc) is 2.76. The molecule has 1 aromatic rings. The van der Waals surface area contributed by atoms with E-state index in [1.54, 1.807) is 0 Å². The smallest absolute Gasteiger partial charge is 0.224 e. The molecule has 1 aliphatic rings. The van der Waals surface area contributed by atoms with Gasteiger partial charge in [0, 0.05) is 31.9 Å². The van der Waals surface area contributed by atoms with E-state index in [1.165, 1.54) is 16.8 Å². The summed E-state index contributed by atoms with van der Waals surface area (Å²) in [6.45, 7) is 5.40. The van der Waals surface area contributed by atoms with Crippen LogP contribution in [0.25, 0.3) is 0 Å². The lowest BCUT2D eigenvalue weighted by Crippen LogP contribution is -2.39. The van der Waals surface area contributed by atoms with Crippen LogP contribution in [0, 0.1) is 5.92 Å². The summed E-state index contributed by atoms with van der Waals surface area (Å²) in [6, 6.07) is 6.66. The number of nitrogens with zero attached hydrogens (tertiary/aromatic N) is 1. The van der Waals surface area contributed by atoms with Crippen LogP contribution in [0.3, 0.4) is 0 Å². The minimum Gasteiger partial charge on any atom is -0.374 e. The first-order chi connectivity index (χ1) is 9.51. The molecule has 4 nitrogen and oxygen atoms in total. The molecule has 1 unspecified atom stereocenters. The van der Waals surface area contributed by atoms with Crippen molar-refractivity contribution in [2.45, 2.75) is 32.7 Å². The predicted octanol–water partition coefficient (Wildman–Crippen LogP) is 1.32. The Balaban J connectivity index is 2.07. The fourth-order valence-electron chi connectivity index (χ4n) is 2.72. The highest BCUT2D eigenvalue weighted by atomic mass is 16.1. The van der Waals surface area contributed by atoms with E-state index >= 15 is 0 Å². The maximum absolute atomic E-state index is 12.1. The van der Waals surface area contributed by atoms with E-state index in [2.05, 4.69) is 35.5 Å². The number of nitrogens with two attached hydrogens (primary N) is 1. The number of benzene rings is 1. The molecule has 0 fully saturated rings. The highest BCUT2D eigenvalue weighted by molar-refractivity contribution is 5.79. The third kappa shape index (κ3) is 3.31. The molecule has 0 aliphatic carbocycles. The normalized spacial score (nSPS) is 15.3. The second-order valence-corrected chi connectivity index (χ2v) is 5.93. The number of nitrogens with one attached hydrogen (secondary N) is 1. The van der Waals surface area contributed by atoms with Crippen molar-refractivity contribution < 1.29 is 4.79 Å². The van der Waals surface area contributed by atoms with Crippen molar-refractivity contribution in [3.8, 4) is 0 Å². The molecule has 1 aromatic carbocycles. The van der Waals surface area contributed by atoms with Crippen molar-refractivity contribution in [1.82, 2.24) is 5.32 Å². The van der Waals surface area contributed by atoms with Crippen molar-refractivity contribution >= 4 is 11.6 Å². The maximum atomic E-state index is 12.1. The van der Waals surface area contributed by atoms with Crippen LogP contribution in [0.1, 0.15) is 25.0 Å². The molecule has 20 heavy (non-hydrogen) atoms. The molecule has 0 bridgehead atoms. The standard InChI is InChI=1S/C16H25N3O/c1-11(2)18-16(20)14(10-17)9-12-4-5-15-13(8-12)6-7-19(15)3/h4-5,8,11,14H,6-7,9-10,17H2,1-3H3,(H,18,20). The van der Waals surface area contributed by atoms with Crippen LogP contribution in [-0.2, 0) is 17.6 Å². The summed E-state index contributed by atoms with van der Waals surface area (Å²) in [5.41, 5.74) is 9.65. The second kappa shape index (κ2) is 6.27. The summed E-state index contributed by atoms with van der Waals surface area (Å²) in [5.74, 6) is -0.0882. The Kier molecular flexibility index (Phi) is 4.65. The number of carbonyl (C=O) groups excluding carboxylic acids is 1. The quantitative estimate of drug-likeness (QED) is 0.852. The van der Waals surface area contributed by atoms with Crippen LogP contribution in [-0.4, -0.2) is 32.1 Å². The van der Waals surface area contributed by atoms with Gasteiger partial charge < -0.3 is 16.0 Å². The zero-order valence-corrected chi connectivity index (χ0v) is 12.6. The molecule has 0 saturated heterocycles. The van der Waals surface area contributed by atoms with E-state index in [-0.39, 0.29) is 17.9 Å². The van der Waals surface area contributed by atoms with Gasteiger partial charge in [-0.25, -0.2) is 0 Å². The fourth-order valence-corrected chi connectivity index (χ4v) is 2.72. The monoisotopic (exact) mass is 275 g/mol. The average molecular weight is 275 g/mol. The largest absolute Gasteiger partial charge is 0.374 e. The van der Waals surface area contributed by atoms with E-state index in [4.69, 9.17) is 5.73 Å². The number of anilines is 1. The highest BCUT2D eigenvalue weighted by Gasteiger charge is 2.20. The lowest BCUT2D eigenvalue weighted by atomic mass is 9.96. The Hall–Kier alpha value is -1.55. The molecule has 110 valence electrons. The Bertz CT molecular complexity index is 485. The summed E-state index contributed by atoms with van der Waals surface area (Å²) in [4.78, 5) is 14.3. The van der Waals surface area contributed by atoms with Crippen LogP contribution in [0.15, 0.2) is 18.2 Å². The van der Waals surface area contributed by atoms with E-state index in [9.17, 15) is 4.79 Å². The minimum atomic E-state index is -0.144. The summed E-state index contributed by atoms with van der Waals surface area (Å²) in [7, 11) is 2.12. The lowest BCUT2D eigenvalue weighted by Gasteiger charge is -2.18. The SMILES string of the molecule is CC(C)NC(=O)C(CN)Cc1ccc2c(c1)CCN2C. The Morgan fingerprint density at radius 3 is 2.85 bits per heavy atom. The van der Waals surface area contributed by atoms with Gasteiger partial charge in [0.15, 0.2) is 0 Å². The van der Waals surface area contributed by atoms with Crippen molar-refractivity contribution in [2.75, 3.05) is 25.0 Å². The van der Waals surface area contributed by atoms with Gasteiger partial charge in [-0.15, -0.1) is 0 Å². The lowest BCUT2D eigenvalue weighted by molar-refractivity contribution is -0.125. The number of rotatable bonds is 5. The topological polar surface area (TPSA) is 58.4 Å². The highest BCUT2D eigenvalue weighted by Crippen LogP contribution is 2.28. The van der Waals surface area contributed by atoms with Gasteiger partial charge in [0.25, 0.3) is 0 Å². The molecule has 0 aromatic heterocycles. The van der Waals surface area contributed by atoms with Gasteiger partial charge in [-0.05, 0) is 43.9 Å². The number of fused-ring (bicyclic) bond motifs is 1. The van der Waals surface area contributed by atoms with Crippen LogP contribution in [0.2, 0.25) is 0 Å². The van der Waals surface area contributed by atoms with Crippen LogP contribution < -0.4 is 16.0 Å². The molecule has 0 saturated carbocycles. The van der Waals surface area contributed by atoms with Gasteiger partial charge in [-0.3, -0.25) is 4.79 Å². The fraction of sp³-hybridized carbons (Fsp3) is 0.562. The molecular weight excluding hydrogens is 250 g/mol. The summed E-state index contributed by atoms with van der Waals surface area (Å²) in [6.07, 6.45) is 1.80. The van der Waals surface area contributed by atoms with Crippen molar-refractivity contribution in [3.05, 3.63) is 29.3 Å². The van der Waals surface area contributed by atoms with Crippen molar-refractivity contribution in [1.29, 1.82) is 0 Å². The summed E-state index contributed by atoms with van der Waals surface area (Å²) >= 11 is 0. The molecule has 0 radical (unpaired) electrons. The number of hydrogen-bond acceptors (Lipinski definition) is 3. The molecule has 1 aliphatic heterocycles. The van der Waals surface area contributed by atoms with E-state index in [0.29, 0.717) is 13.0 Å². The first-order valence-electron chi connectivity index (χ1n) is 7.34. The van der Waals surface area contributed by atoms with Crippen molar-refractivity contribution in [3.63, 3.8) is 0 Å². The summed E-state index contributed by atoms with van der Waals surface area (Å²) < 4.78 is 0. The van der Waals surface area contributed by atoms with E-state index in [1.807, 2.05) is 13.8 Å². The first kappa shape index (κ1) is 14.9. The number of carbonyl (C=O) groups is 1. The van der Waals surface area contributed by atoms with Gasteiger partial charge in [0.05, 0.1) is 5.92 Å². The predicted molar refractivity (Wildman–Crippen MR) is 82.9 cm³/mol. The third-order valence-electron chi connectivity index (χ3n) is 3.84. The van der Waals surface area contributed by atoms with Crippen LogP contribution in [0.5, 0.6) is 0 Å². The van der Waals surface area contributed by atoms with Crippen LogP contribution >= 0.6 is 0 Å². The Labute approximate surface area is 121 Å². The van der Waals surface area contributed by atoms with Gasteiger partial charge in [0.1, 0.15) is 0 Å². The van der Waals surface area contributed by atoms with Gasteiger partial charge in [0.2, 0.25) is 5.91 Å². The Morgan fingerprint density at radius 2 is 2.20 bits per heavy atom. The second-order valence-electron chi connectivity index (χ2n) is 5.93. The van der Waals surface area contributed by atoms with Crippen LogP contribution in [0.4, 0.5) is 5.69 Å². The third-order valence-corrected chi connectivity index (χ3v) is 3.84. The Morgan fingerprint density at radius 1 is 1.45 bits per heavy atom. The summed E-state index contributed by atoms with van der Waals surface area (Å²) in [5, 5.41) is 2.95. The van der Waals surface area contributed by atoms with Gasteiger partial charge in [-0.2, -0.15) is 0 Å². The minimum absolute atomic E-state index is 0.0557. The molecule has 2 rings (SSSR count). The number of amides is 1. The zero-order valence-electron chi connectivity index (χ0n) is 12.6. The molecular formula is C16H25N3O.